The van der Waals surface area contributed by atoms with Gasteiger partial charge in [0.25, 0.3) is 0 Å². The lowest BCUT2D eigenvalue weighted by atomic mass is 9.83. The summed E-state index contributed by atoms with van der Waals surface area (Å²) in [7, 11) is -0.452. The molecule has 1 unspecified atom stereocenters. The fourth-order valence-electron chi connectivity index (χ4n) is 2.13. The van der Waals surface area contributed by atoms with Gasteiger partial charge in [-0.25, -0.2) is 0 Å². The summed E-state index contributed by atoms with van der Waals surface area (Å²) < 4.78 is 11.9. The van der Waals surface area contributed by atoms with Crippen molar-refractivity contribution in [2.75, 3.05) is 0 Å². The van der Waals surface area contributed by atoms with Crippen molar-refractivity contribution in [3.05, 3.63) is 23.4 Å². The molecule has 1 aromatic rings. The zero-order valence-corrected chi connectivity index (χ0v) is 12.5. The topological polar surface area (TPSA) is 51.6 Å². The summed E-state index contributed by atoms with van der Waals surface area (Å²) in [6.45, 7) is 11.7. The van der Waals surface area contributed by atoms with Gasteiger partial charge in [0.2, 0.25) is 0 Å². The maximum Gasteiger partial charge on any atom is 0.514 e. The zero-order valence-electron chi connectivity index (χ0n) is 12.5. The van der Waals surface area contributed by atoms with Gasteiger partial charge in [-0.15, -0.1) is 0 Å². The van der Waals surface area contributed by atoms with E-state index in [0.29, 0.717) is 0 Å². The van der Waals surface area contributed by atoms with Crippen LogP contribution >= 0.6 is 0 Å². The number of aromatic nitrogens is 1. The minimum absolute atomic E-state index is 0.365. The SMILES string of the molecule is Cc1nc(B2OC(C)(C)C(C)(C)O2)ccc1C(C)O. The fraction of sp³-hybridized carbons (Fsp3) is 0.643. The number of hydrogen-bond acceptors (Lipinski definition) is 4. The van der Waals surface area contributed by atoms with Gasteiger partial charge < -0.3 is 14.4 Å². The van der Waals surface area contributed by atoms with E-state index in [0.717, 1.165) is 16.9 Å². The van der Waals surface area contributed by atoms with Crippen LogP contribution in [0.4, 0.5) is 0 Å². The van der Waals surface area contributed by atoms with Crippen molar-refractivity contribution in [3.63, 3.8) is 0 Å². The van der Waals surface area contributed by atoms with E-state index in [9.17, 15) is 5.11 Å². The molecule has 1 aliphatic heterocycles. The third-order valence-corrected chi connectivity index (χ3v) is 4.09. The average Bonchev–Trinajstić information content (AvgIpc) is 2.47. The maximum atomic E-state index is 9.62. The molecule has 1 saturated heterocycles. The van der Waals surface area contributed by atoms with E-state index in [-0.39, 0.29) is 11.2 Å². The van der Waals surface area contributed by atoms with Crippen LogP contribution in [0, 0.1) is 6.92 Å². The Bertz CT molecular complexity index is 470. The summed E-state index contributed by atoms with van der Waals surface area (Å²) >= 11 is 0. The van der Waals surface area contributed by atoms with Gasteiger partial charge in [-0.2, -0.15) is 0 Å². The lowest BCUT2D eigenvalue weighted by molar-refractivity contribution is 0.00578. The van der Waals surface area contributed by atoms with E-state index in [2.05, 4.69) is 4.98 Å². The number of nitrogens with zero attached hydrogens (tertiary/aromatic N) is 1. The highest BCUT2D eigenvalue weighted by Gasteiger charge is 2.52. The van der Waals surface area contributed by atoms with Crippen molar-refractivity contribution in [1.82, 2.24) is 4.98 Å². The van der Waals surface area contributed by atoms with E-state index in [1.54, 1.807) is 6.92 Å². The van der Waals surface area contributed by atoms with E-state index in [4.69, 9.17) is 9.31 Å². The summed E-state index contributed by atoms with van der Waals surface area (Å²) in [5.41, 5.74) is 1.66. The van der Waals surface area contributed by atoms with E-state index in [1.165, 1.54) is 0 Å². The van der Waals surface area contributed by atoms with Gasteiger partial charge in [0.15, 0.2) is 0 Å². The molecule has 104 valence electrons. The Labute approximate surface area is 115 Å². The molecule has 1 fully saturated rings. The monoisotopic (exact) mass is 263 g/mol. The Balaban J connectivity index is 2.28. The van der Waals surface area contributed by atoms with Gasteiger partial charge >= 0.3 is 7.12 Å². The van der Waals surface area contributed by atoms with Gasteiger partial charge in [0.1, 0.15) is 0 Å². The number of aliphatic hydroxyl groups excluding tert-OH is 1. The number of aryl methyl sites for hydroxylation is 1. The van der Waals surface area contributed by atoms with Crippen molar-refractivity contribution >= 4 is 12.7 Å². The molecule has 0 spiro atoms. The Kier molecular flexibility index (Phi) is 3.50. The number of rotatable bonds is 2. The molecule has 19 heavy (non-hydrogen) atoms. The molecule has 2 heterocycles. The minimum Gasteiger partial charge on any atom is -0.398 e. The molecule has 0 radical (unpaired) electrons. The van der Waals surface area contributed by atoms with Crippen LogP contribution < -0.4 is 5.59 Å². The molecule has 0 amide bonds. The second-order valence-electron chi connectivity index (χ2n) is 6.17. The number of aliphatic hydroxyl groups is 1. The van der Waals surface area contributed by atoms with E-state index in [1.807, 2.05) is 46.8 Å². The largest absolute Gasteiger partial charge is 0.514 e. The van der Waals surface area contributed by atoms with Crippen LogP contribution in [0.5, 0.6) is 0 Å². The minimum atomic E-state index is -0.514. The molecule has 5 heteroatoms. The van der Waals surface area contributed by atoms with Crippen LogP contribution in [0.25, 0.3) is 0 Å². The second-order valence-corrected chi connectivity index (χ2v) is 6.17. The van der Waals surface area contributed by atoms with Crippen LogP contribution in [0.2, 0.25) is 0 Å². The predicted octanol–water partition coefficient (Wildman–Crippen LogP) is 1.74. The number of hydrogen-bond donors (Lipinski definition) is 1. The van der Waals surface area contributed by atoms with Crippen molar-refractivity contribution in [3.8, 4) is 0 Å². The third kappa shape index (κ3) is 2.55. The van der Waals surface area contributed by atoms with Crippen LogP contribution in [0.15, 0.2) is 12.1 Å². The summed E-state index contributed by atoms with van der Waals surface area (Å²) in [5.74, 6) is 0. The summed E-state index contributed by atoms with van der Waals surface area (Å²) in [4.78, 5) is 4.50. The molecule has 0 bridgehead atoms. The molecule has 1 aromatic heterocycles. The summed E-state index contributed by atoms with van der Waals surface area (Å²) in [6, 6.07) is 3.74. The first-order chi connectivity index (χ1) is 8.64. The van der Waals surface area contributed by atoms with Crippen molar-refractivity contribution < 1.29 is 14.4 Å². The first kappa shape index (κ1) is 14.5. The van der Waals surface area contributed by atoms with Gasteiger partial charge in [0, 0.05) is 11.3 Å². The zero-order chi connectivity index (χ0) is 14.4. The lowest BCUT2D eigenvalue weighted by Crippen LogP contribution is -2.41. The first-order valence-electron chi connectivity index (χ1n) is 6.65. The normalized spacial score (nSPS) is 22.6. The quantitative estimate of drug-likeness (QED) is 0.826. The second kappa shape index (κ2) is 4.58. The summed E-state index contributed by atoms with van der Waals surface area (Å²) in [5, 5.41) is 9.62. The fourth-order valence-corrected chi connectivity index (χ4v) is 2.13. The first-order valence-corrected chi connectivity index (χ1v) is 6.65. The molecule has 4 nitrogen and oxygen atoms in total. The Hall–Kier alpha value is -0.905. The Morgan fingerprint density at radius 3 is 2.11 bits per heavy atom. The summed E-state index contributed by atoms with van der Waals surface area (Å²) in [6.07, 6.45) is -0.514. The highest BCUT2D eigenvalue weighted by molar-refractivity contribution is 6.61. The molecule has 0 saturated carbocycles. The average molecular weight is 263 g/mol. The maximum absolute atomic E-state index is 9.62. The van der Waals surface area contributed by atoms with Crippen molar-refractivity contribution in [2.24, 2.45) is 0 Å². The van der Waals surface area contributed by atoms with Gasteiger partial charge in [-0.3, -0.25) is 4.98 Å². The van der Waals surface area contributed by atoms with Crippen molar-refractivity contribution in [2.45, 2.75) is 58.8 Å². The van der Waals surface area contributed by atoms with Crippen LogP contribution in [-0.2, 0) is 9.31 Å². The Morgan fingerprint density at radius 1 is 1.16 bits per heavy atom. The molecule has 1 aliphatic rings. The Morgan fingerprint density at radius 2 is 1.68 bits per heavy atom. The molecular weight excluding hydrogens is 241 g/mol. The molecule has 0 aromatic carbocycles. The van der Waals surface area contributed by atoms with Crippen LogP contribution in [0.1, 0.15) is 52.0 Å². The smallest absolute Gasteiger partial charge is 0.398 e. The molecule has 2 rings (SSSR count). The van der Waals surface area contributed by atoms with E-state index < -0.39 is 13.2 Å². The molecule has 1 N–H and O–H groups in total. The molecular formula is C14H22BNO3. The van der Waals surface area contributed by atoms with Crippen LogP contribution in [-0.4, -0.2) is 28.4 Å². The molecule has 1 atom stereocenters. The van der Waals surface area contributed by atoms with E-state index >= 15 is 0 Å². The van der Waals surface area contributed by atoms with Crippen molar-refractivity contribution in [1.29, 1.82) is 0 Å². The third-order valence-electron chi connectivity index (χ3n) is 4.09. The molecule has 0 aliphatic carbocycles. The highest BCUT2D eigenvalue weighted by Crippen LogP contribution is 2.36. The van der Waals surface area contributed by atoms with Gasteiger partial charge in [0.05, 0.1) is 22.9 Å². The lowest BCUT2D eigenvalue weighted by Gasteiger charge is -2.32. The van der Waals surface area contributed by atoms with Crippen LogP contribution in [0.3, 0.4) is 0 Å². The highest BCUT2D eigenvalue weighted by atomic mass is 16.7. The van der Waals surface area contributed by atoms with Gasteiger partial charge in [-0.05, 0) is 47.6 Å². The number of pyridine rings is 1. The predicted molar refractivity (Wildman–Crippen MR) is 75.3 cm³/mol. The van der Waals surface area contributed by atoms with Gasteiger partial charge in [-0.1, -0.05) is 6.07 Å². The standard InChI is InChI=1S/C14H22BNO3/c1-9-11(10(2)17)7-8-12(16-9)15-18-13(3,4)14(5,6)19-15/h7-8,10,17H,1-6H3.